The number of hydrogen-bond donors (Lipinski definition) is 1. The molecule has 0 aliphatic carbocycles. The van der Waals surface area contributed by atoms with E-state index in [9.17, 15) is 19.1 Å². The number of carboxylic acid groups (broad SMARTS) is 1. The topological polar surface area (TPSA) is 66.8 Å². The fourth-order valence-corrected chi connectivity index (χ4v) is 3.11. The summed E-state index contributed by atoms with van der Waals surface area (Å²) in [5.41, 5.74) is 1.98. The molecule has 25 heavy (non-hydrogen) atoms. The number of fused-ring (bicyclic) bond motifs is 1. The van der Waals surface area contributed by atoms with Crippen molar-refractivity contribution in [2.45, 2.75) is 18.8 Å². The number of benzene rings is 2. The van der Waals surface area contributed by atoms with Crippen LogP contribution in [0.2, 0.25) is 0 Å². The molecular weight excluding hydrogens is 325 g/mol. The molecule has 1 heterocycles. The van der Waals surface area contributed by atoms with Crippen LogP contribution in [-0.4, -0.2) is 30.6 Å². The summed E-state index contributed by atoms with van der Waals surface area (Å²) < 4.78 is 18.6. The minimum absolute atomic E-state index is 0.129. The van der Waals surface area contributed by atoms with Crippen LogP contribution in [0, 0.1) is 5.82 Å². The third-order valence-electron chi connectivity index (χ3n) is 4.41. The first-order chi connectivity index (χ1) is 12.0. The maximum absolute atomic E-state index is 13.7. The summed E-state index contributed by atoms with van der Waals surface area (Å²) in [6.07, 6.45) is 0.544. The van der Waals surface area contributed by atoms with Crippen molar-refractivity contribution in [2.75, 3.05) is 18.6 Å². The second-order valence-corrected chi connectivity index (χ2v) is 5.92. The quantitative estimate of drug-likeness (QED) is 0.906. The molecule has 1 unspecified atom stereocenters. The van der Waals surface area contributed by atoms with Gasteiger partial charge in [-0.05, 0) is 35.7 Å². The molecule has 2 aromatic carbocycles. The Hall–Kier alpha value is -2.89. The molecule has 0 spiro atoms. The van der Waals surface area contributed by atoms with E-state index in [4.69, 9.17) is 4.74 Å². The molecule has 1 aliphatic heterocycles. The standard InChI is InChI=1S/C19H18FNO4/c1-25-17-8-6-12(10-15(17)20)7-9-18(22)21-11-14(19(23)24)13-4-2-3-5-16(13)21/h2-6,8,10,14H,7,9,11H2,1H3,(H,23,24). The van der Waals surface area contributed by atoms with Crippen LogP contribution in [0.25, 0.3) is 0 Å². The molecule has 5 nitrogen and oxygen atoms in total. The Balaban J connectivity index is 1.72. The van der Waals surface area contributed by atoms with Crippen molar-refractivity contribution < 1.29 is 23.8 Å². The lowest BCUT2D eigenvalue weighted by atomic mass is 10.0. The van der Waals surface area contributed by atoms with Gasteiger partial charge in [0.25, 0.3) is 0 Å². The largest absolute Gasteiger partial charge is 0.494 e. The molecule has 3 rings (SSSR count). The molecule has 0 fully saturated rings. The Morgan fingerprint density at radius 1 is 1.28 bits per heavy atom. The maximum atomic E-state index is 13.7. The zero-order valence-corrected chi connectivity index (χ0v) is 13.7. The average Bonchev–Trinajstić information content (AvgIpc) is 3.00. The molecule has 0 aromatic heterocycles. The molecule has 130 valence electrons. The number of carbonyl (C=O) groups excluding carboxylic acids is 1. The van der Waals surface area contributed by atoms with Crippen molar-refractivity contribution in [3.63, 3.8) is 0 Å². The first kappa shape index (κ1) is 17.0. The maximum Gasteiger partial charge on any atom is 0.312 e. The number of methoxy groups -OCH3 is 1. The monoisotopic (exact) mass is 343 g/mol. The molecule has 1 amide bonds. The van der Waals surface area contributed by atoms with Crippen molar-refractivity contribution in [1.29, 1.82) is 0 Å². The number of amides is 1. The lowest BCUT2D eigenvalue weighted by Gasteiger charge is -2.17. The molecular formula is C19H18FNO4. The smallest absolute Gasteiger partial charge is 0.312 e. The second kappa shape index (κ2) is 6.93. The van der Waals surface area contributed by atoms with Gasteiger partial charge in [0.2, 0.25) is 5.91 Å². The molecule has 0 saturated carbocycles. The predicted octanol–water partition coefficient (Wildman–Crippen LogP) is 2.98. The molecule has 1 atom stereocenters. The fraction of sp³-hybridized carbons (Fsp3) is 0.263. The Kier molecular flexibility index (Phi) is 4.70. The zero-order chi connectivity index (χ0) is 18.0. The van der Waals surface area contributed by atoms with E-state index in [0.29, 0.717) is 23.2 Å². The van der Waals surface area contributed by atoms with Crippen LogP contribution in [-0.2, 0) is 16.0 Å². The number of carboxylic acids is 1. The molecule has 1 aliphatic rings. The Morgan fingerprint density at radius 3 is 2.72 bits per heavy atom. The number of carbonyl (C=O) groups is 2. The van der Waals surface area contributed by atoms with E-state index in [0.717, 1.165) is 0 Å². The third kappa shape index (κ3) is 3.33. The summed E-state index contributed by atoms with van der Waals surface area (Å²) in [4.78, 5) is 25.5. The number of aryl methyl sites for hydroxylation is 1. The molecule has 1 N–H and O–H groups in total. The molecule has 0 saturated heterocycles. The van der Waals surface area contributed by atoms with E-state index in [1.54, 1.807) is 30.3 Å². The summed E-state index contributed by atoms with van der Waals surface area (Å²) in [6.45, 7) is 0.129. The number of ether oxygens (including phenoxy) is 1. The predicted molar refractivity (Wildman–Crippen MR) is 90.4 cm³/mol. The van der Waals surface area contributed by atoms with Gasteiger partial charge in [-0.2, -0.15) is 0 Å². The summed E-state index contributed by atoms with van der Waals surface area (Å²) in [5, 5.41) is 9.36. The Labute approximate surface area is 144 Å². The van der Waals surface area contributed by atoms with E-state index in [-0.39, 0.29) is 24.6 Å². The minimum Gasteiger partial charge on any atom is -0.494 e. The normalized spacial score (nSPS) is 15.8. The Morgan fingerprint density at radius 2 is 2.04 bits per heavy atom. The van der Waals surface area contributed by atoms with Crippen LogP contribution in [0.1, 0.15) is 23.5 Å². The highest BCUT2D eigenvalue weighted by Crippen LogP contribution is 2.36. The van der Waals surface area contributed by atoms with E-state index >= 15 is 0 Å². The number of aliphatic carboxylic acids is 1. The van der Waals surface area contributed by atoms with Gasteiger partial charge < -0.3 is 14.7 Å². The van der Waals surface area contributed by atoms with E-state index < -0.39 is 17.7 Å². The summed E-state index contributed by atoms with van der Waals surface area (Å²) in [7, 11) is 1.39. The lowest BCUT2D eigenvalue weighted by molar-refractivity contribution is -0.138. The zero-order valence-electron chi connectivity index (χ0n) is 13.7. The number of halogens is 1. The molecule has 2 aromatic rings. The van der Waals surface area contributed by atoms with Gasteiger partial charge in [-0.25, -0.2) is 4.39 Å². The minimum atomic E-state index is -0.944. The number of para-hydroxylation sites is 1. The van der Waals surface area contributed by atoms with Crippen LogP contribution in [0.4, 0.5) is 10.1 Å². The Bertz CT molecular complexity index is 821. The van der Waals surface area contributed by atoms with Crippen molar-refractivity contribution in [3.05, 3.63) is 59.4 Å². The second-order valence-electron chi connectivity index (χ2n) is 5.92. The highest BCUT2D eigenvalue weighted by molar-refractivity contribution is 5.99. The van der Waals surface area contributed by atoms with Crippen molar-refractivity contribution in [3.8, 4) is 5.75 Å². The molecule has 0 radical (unpaired) electrons. The number of anilines is 1. The van der Waals surface area contributed by atoms with Crippen LogP contribution in [0.15, 0.2) is 42.5 Å². The van der Waals surface area contributed by atoms with Crippen LogP contribution in [0.5, 0.6) is 5.75 Å². The van der Waals surface area contributed by atoms with E-state index in [1.165, 1.54) is 24.1 Å². The highest BCUT2D eigenvalue weighted by Gasteiger charge is 2.35. The van der Waals surface area contributed by atoms with E-state index in [1.807, 2.05) is 0 Å². The lowest BCUT2D eigenvalue weighted by Crippen LogP contribution is -2.31. The first-order valence-electron chi connectivity index (χ1n) is 7.95. The van der Waals surface area contributed by atoms with Crippen molar-refractivity contribution >= 4 is 17.6 Å². The van der Waals surface area contributed by atoms with Gasteiger partial charge in [-0.1, -0.05) is 24.3 Å². The first-order valence-corrected chi connectivity index (χ1v) is 7.95. The highest BCUT2D eigenvalue weighted by atomic mass is 19.1. The van der Waals surface area contributed by atoms with Crippen LogP contribution < -0.4 is 9.64 Å². The van der Waals surface area contributed by atoms with Gasteiger partial charge in [0.15, 0.2) is 11.6 Å². The number of nitrogens with zero attached hydrogens (tertiary/aromatic N) is 1. The fourth-order valence-electron chi connectivity index (χ4n) is 3.11. The number of hydrogen-bond acceptors (Lipinski definition) is 3. The third-order valence-corrected chi connectivity index (χ3v) is 4.41. The summed E-state index contributed by atoms with van der Waals surface area (Å²) in [5.74, 6) is -2.14. The van der Waals surface area contributed by atoms with Gasteiger partial charge in [0.1, 0.15) is 5.92 Å². The summed E-state index contributed by atoms with van der Waals surface area (Å²) in [6, 6.07) is 11.6. The molecule has 0 bridgehead atoms. The van der Waals surface area contributed by atoms with Gasteiger partial charge >= 0.3 is 5.97 Å². The van der Waals surface area contributed by atoms with E-state index in [2.05, 4.69) is 0 Å². The number of rotatable bonds is 5. The van der Waals surface area contributed by atoms with Crippen LogP contribution in [0.3, 0.4) is 0 Å². The van der Waals surface area contributed by atoms with Gasteiger partial charge in [-0.15, -0.1) is 0 Å². The van der Waals surface area contributed by atoms with Gasteiger partial charge in [0.05, 0.1) is 7.11 Å². The van der Waals surface area contributed by atoms with Gasteiger partial charge in [0, 0.05) is 18.7 Å². The van der Waals surface area contributed by atoms with Crippen molar-refractivity contribution in [2.24, 2.45) is 0 Å². The van der Waals surface area contributed by atoms with Gasteiger partial charge in [-0.3, -0.25) is 9.59 Å². The van der Waals surface area contributed by atoms with Crippen LogP contribution >= 0.6 is 0 Å². The average molecular weight is 343 g/mol. The van der Waals surface area contributed by atoms with Crippen molar-refractivity contribution in [1.82, 2.24) is 0 Å². The molecule has 6 heteroatoms. The summed E-state index contributed by atoms with van der Waals surface area (Å²) >= 11 is 0. The SMILES string of the molecule is COc1ccc(CCC(=O)N2CC(C(=O)O)c3ccccc32)cc1F.